The smallest absolute Gasteiger partial charge is 0.326 e. The van der Waals surface area contributed by atoms with Crippen molar-refractivity contribution in [3.63, 3.8) is 0 Å². The molecule has 0 fully saturated rings. The van der Waals surface area contributed by atoms with Gasteiger partial charge in [0.25, 0.3) is 0 Å². The Labute approximate surface area is 202 Å². The summed E-state index contributed by atoms with van der Waals surface area (Å²) < 4.78 is 0. The number of carbonyl (C=O) groups is 4. The Balaban J connectivity index is 1.45. The van der Waals surface area contributed by atoms with Crippen LogP contribution in [0.5, 0.6) is 0 Å². The van der Waals surface area contributed by atoms with E-state index in [0.717, 1.165) is 22.0 Å². The van der Waals surface area contributed by atoms with E-state index in [1.54, 1.807) is 30.5 Å². The number of hydrogen-bond donors (Lipinski definition) is 6. The van der Waals surface area contributed by atoms with Gasteiger partial charge in [-0.3, -0.25) is 14.4 Å². The number of benzene rings is 2. The molecular weight excluding hydrogens is 450 g/mol. The van der Waals surface area contributed by atoms with Gasteiger partial charge in [0.05, 0.1) is 12.6 Å². The second-order valence-corrected chi connectivity index (χ2v) is 8.27. The molecule has 35 heavy (non-hydrogen) atoms. The molecule has 3 rings (SSSR count). The van der Waals surface area contributed by atoms with E-state index in [1.165, 1.54) is 6.92 Å². The number of aromatic amines is 1. The Bertz CT molecular complexity index is 1190. The predicted octanol–water partition coefficient (Wildman–Crippen LogP) is 0.471. The van der Waals surface area contributed by atoms with Crippen molar-refractivity contribution in [3.05, 3.63) is 71.9 Å². The summed E-state index contributed by atoms with van der Waals surface area (Å²) >= 11 is 0. The monoisotopic (exact) mass is 479 g/mol. The van der Waals surface area contributed by atoms with Crippen molar-refractivity contribution < 1.29 is 24.3 Å². The third-order valence-electron chi connectivity index (χ3n) is 5.54. The maximum Gasteiger partial charge on any atom is 0.326 e. The number of nitrogens with one attached hydrogen (secondary N) is 4. The number of carbonyl (C=O) groups excluding carboxylic acids is 3. The summed E-state index contributed by atoms with van der Waals surface area (Å²) in [6.07, 6.45) is 2.19. The van der Waals surface area contributed by atoms with E-state index in [1.807, 2.05) is 30.3 Å². The number of carboxylic acid groups (broad SMARTS) is 1. The first-order valence-corrected chi connectivity index (χ1v) is 11.2. The third kappa shape index (κ3) is 7.15. The zero-order valence-electron chi connectivity index (χ0n) is 19.3. The molecule has 0 aliphatic carbocycles. The van der Waals surface area contributed by atoms with Crippen LogP contribution in [0.2, 0.25) is 0 Å². The molecule has 0 radical (unpaired) electrons. The molecule has 1 heterocycles. The van der Waals surface area contributed by atoms with Gasteiger partial charge in [0, 0.05) is 23.5 Å². The molecule has 0 aliphatic rings. The fraction of sp³-hybridized carbons (Fsp3) is 0.280. The summed E-state index contributed by atoms with van der Waals surface area (Å²) in [5, 5.41) is 17.7. The lowest BCUT2D eigenvalue weighted by molar-refractivity contribution is -0.142. The molecule has 0 saturated carbocycles. The van der Waals surface area contributed by atoms with Crippen LogP contribution in [0, 0.1) is 0 Å². The van der Waals surface area contributed by atoms with Gasteiger partial charge in [-0.05, 0) is 30.5 Å². The molecule has 10 nitrogen and oxygen atoms in total. The number of amides is 3. The number of rotatable bonds is 11. The molecule has 10 heteroatoms. The van der Waals surface area contributed by atoms with E-state index in [0.29, 0.717) is 0 Å². The third-order valence-corrected chi connectivity index (χ3v) is 5.54. The molecule has 0 bridgehead atoms. The van der Waals surface area contributed by atoms with Crippen molar-refractivity contribution in [3.8, 4) is 0 Å². The van der Waals surface area contributed by atoms with Crippen molar-refractivity contribution in [2.45, 2.75) is 37.9 Å². The molecule has 1 aromatic heterocycles. The molecular formula is C25H29N5O5. The maximum atomic E-state index is 12.4. The van der Waals surface area contributed by atoms with Gasteiger partial charge in [-0.1, -0.05) is 48.5 Å². The number of hydrogen-bond acceptors (Lipinski definition) is 5. The second kappa shape index (κ2) is 11.8. The minimum atomic E-state index is -1.18. The van der Waals surface area contributed by atoms with Gasteiger partial charge < -0.3 is 31.8 Å². The zero-order valence-corrected chi connectivity index (χ0v) is 19.3. The molecule has 0 spiro atoms. The van der Waals surface area contributed by atoms with Crippen LogP contribution in [0.1, 0.15) is 18.1 Å². The Morgan fingerprint density at radius 1 is 0.943 bits per heavy atom. The van der Waals surface area contributed by atoms with E-state index < -0.39 is 41.8 Å². The molecule has 7 N–H and O–H groups in total. The molecule has 184 valence electrons. The molecule has 3 atom stereocenters. The highest BCUT2D eigenvalue weighted by molar-refractivity contribution is 5.92. The van der Waals surface area contributed by atoms with Crippen molar-refractivity contribution in [2.75, 3.05) is 6.54 Å². The highest BCUT2D eigenvalue weighted by atomic mass is 16.4. The van der Waals surface area contributed by atoms with Gasteiger partial charge in [-0.15, -0.1) is 0 Å². The lowest BCUT2D eigenvalue weighted by Gasteiger charge is -2.19. The maximum absolute atomic E-state index is 12.4. The van der Waals surface area contributed by atoms with Crippen LogP contribution in [-0.2, 0) is 32.0 Å². The summed E-state index contributed by atoms with van der Waals surface area (Å²) in [5.41, 5.74) is 8.59. The lowest BCUT2D eigenvalue weighted by atomic mass is 10.1. The zero-order chi connectivity index (χ0) is 25.4. The highest BCUT2D eigenvalue weighted by Crippen LogP contribution is 2.18. The molecule has 2 aromatic carbocycles. The SMILES string of the molecule is CC(NC(=O)CNC(=O)C(N)Cc1c[nH]c2ccccc12)C(=O)NC(Cc1ccccc1)C(=O)O. The van der Waals surface area contributed by atoms with E-state index in [2.05, 4.69) is 20.9 Å². The van der Waals surface area contributed by atoms with Gasteiger partial charge in [-0.2, -0.15) is 0 Å². The van der Waals surface area contributed by atoms with Crippen LogP contribution in [0.25, 0.3) is 10.9 Å². The number of para-hydroxylation sites is 1. The number of carboxylic acids is 1. The first-order chi connectivity index (χ1) is 16.7. The topological polar surface area (TPSA) is 166 Å². The van der Waals surface area contributed by atoms with Crippen molar-refractivity contribution in [2.24, 2.45) is 5.73 Å². The number of nitrogens with two attached hydrogens (primary N) is 1. The molecule has 0 aliphatic heterocycles. The van der Waals surface area contributed by atoms with E-state index in [9.17, 15) is 24.3 Å². The number of H-pyrrole nitrogens is 1. The van der Waals surface area contributed by atoms with Crippen LogP contribution in [0.4, 0.5) is 0 Å². The van der Waals surface area contributed by atoms with Gasteiger partial charge in [0.15, 0.2) is 0 Å². The van der Waals surface area contributed by atoms with E-state index >= 15 is 0 Å². The minimum Gasteiger partial charge on any atom is -0.480 e. The largest absolute Gasteiger partial charge is 0.480 e. The second-order valence-electron chi connectivity index (χ2n) is 8.27. The van der Waals surface area contributed by atoms with Crippen molar-refractivity contribution in [1.82, 2.24) is 20.9 Å². The highest BCUT2D eigenvalue weighted by Gasteiger charge is 2.24. The average Bonchev–Trinajstić information content (AvgIpc) is 3.25. The fourth-order valence-corrected chi connectivity index (χ4v) is 3.63. The summed E-state index contributed by atoms with van der Waals surface area (Å²) in [6, 6.07) is 13.5. The van der Waals surface area contributed by atoms with E-state index in [4.69, 9.17) is 5.73 Å². The van der Waals surface area contributed by atoms with Gasteiger partial charge in [0.1, 0.15) is 12.1 Å². The number of fused-ring (bicyclic) bond motifs is 1. The van der Waals surface area contributed by atoms with Crippen molar-refractivity contribution >= 4 is 34.6 Å². The molecule has 3 aromatic rings. The lowest BCUT2D eigenvalue weighted by Crippen LogP contribution is -2.53. The number of aliphatic carboxylic acids is 1. The Hall–Kier alpha value is -4.18. The predicted molar refractivity (Wildman–Crippen MR) is 130 cm³/mol. The average molecular weight is 480 g/mol. The summed E-state index contributed by atoms with van der Waals surface area (Å²) in [5.74, 6) is -2.94. The first-order valence-electron chi connectivity index (χ1n) is 11.2. The Morgan fingerprint density at radius 2 is 1.63 bits per heavy atom. The normalized spacial score (nSPS) is 13.4. The van der Waals surface area contributed by atoms with Crippen LogP contribution < -0.4 is 21.7 Å². The summed E-state index contributed by atoms with van der Waals surface area (Å²) in [7, 11) is 0. The van der Waals surface area contributed by atoms with Gasteiger partial charge in [-0.25, -0.2) is 4.79 Å². The van der Waals surface area contributed by atoms with Crippen LogP contribution in [0.15, 0.2) is 60.8 Å². The van der Waals surface area contributed by atoms with Gasteiger partial charge >= 0.3 is 5.97 Å². The standard InChI is InChI=1S/C25H29N5O5/c1-15(23(32)30-21(25(34)35)11-16-7-3-2-4-8-16)29-22(31)14-28-24(33)19(26)12-17-13-27-20-10-6-5-9-18(17)20/h2-10,13,15,19,21,27H,11-12,14,26H2,1H3,(H,28,33)(H,29,31)(H,30,32)(H,34,35). The van der Waals surface area contributed by atoms with Crippen LogP contribution >= 0.6 is 0 Å². The van der Waals surface area contributed by atoms with Crippen molar-refractivity contribution in [1.29, 1.82) is 0 Å². The Morgan fingerprint density at radius 3 is 2.34 bits per heavy atom. The molecule has 0 saturated heterocycles. The van der Waals surface area contributed by atoms with E-state index in [-0.39, 0.29) is 19.4 Å². The summed E-state index contributed by atoms with van der Waals surface area (Å²) in [6.45, 7) is 1.06. The Kier molecular flexibility index (Phi) is 8.58. The van der Waals surface area contributed by atoms with Crippen LogP contribution in [-0.4, -0.2) is 58.5 Å². The van der Waals surface area contributed by atoms with Gasteiger partial charge in [0.2, 0.25) is 17.7 Å². The number of aromatic nitrogens is 1. The molecule has 3 amide bonds. The first kappa shape index (κ1) is 25.4. The van der Waals surface area contributed by atoms with Crippen LogP contribution in [0.3, 0.4) is 0 Å². The fourth-order valence-electron chi connectivity index (χ4n) is 3.63. The molecule has 3 unspecified atom stereocenters. The quantitative estimate of drug-likeness (QED) is 0.234. The summed E-state index contributed by atoms with van der Waals surface area (Å²) in [4.78, 5) is 51.7. The minimum absolute atomic E-state index is 0.104.